The highest BCUT2D eigenvalue weighted by Crippen LogP contribution is 2.32. The van der Waals surface area contributed by atoms with Crippen LogP contribution in [0.25, 0.3) is 0 Å². The maximum absolute atomic E-state index is 13.9. The van der Waals surface area contributed by atoms with Crippen molar-refractivity contribution in [3.8, 4) is 0 Å². The molecule has 2 bridgehead atoms. The number of carbonyl (C=O) groups is 3. The fraction of sp³-hybridized carbons (Fsp3) is 0.525. The molecule has 2 aromatic carbocycles. The number of nitrogens with zero attached hydrogens (tertiary/aromatic N) is 1. The standard InChI is InChI=1S/C40H52N2O7/c1-29-18-19-34-26-36(49-40(45)32-15-7-4-8-16-32)30(2)20-24-46-22-11-12-23-47-28-33(25-31-13-5-3-6-14-31)41-39(44)35-17-9-10-21-42(35)38(43)27-37(29)48-34/h3-8,11-16,20,29,33-37H,9-10,17-19,21-28H2,1-2H3,(H,41,44)/b12-11+,30-20+/t29-,33+,34+,35+,36+,37+/m1/s1. The summed E-state index contributed by atoms with van der Waals surface area (Å²) in [6.07, 6.45) is 10.2. The highest BCUT2D eigenvalue weighted by Gasteiger charge is 2.37. The topological polar surface area (TPSA) is 103 Å². The lowest BCUT2D eigenvalue weighted by molar-refractivity contribution is -0.150. The van der Waals surface area contributed by atoms with Gasteiger partial charge in [-0.15, -0.1) is 0 Å². The first-order chi connectivity index (χ1) is 23.9. The third-order valence-corrected chi connectivity index (χ3v) is 9.80. The highest BCUT2D eigenvalue weighted by molar-refractivity contribution is 5.89. The van der Waals surface area contributed by atoms with E-state index in [1.807, 2.05) is 73.7 Å². The SMILES string of the molecule is C/C1=C\COC/C=C/COC[C@H](Cc2ccccc2)NC(=O)[C@@H]2CCCCN2C(=O)C[C@@H]2O[C@@H](CC[C@H]2C)C[C@@H]1OC(=O)c1ccccc1. The van der Waals surface area contributed by atoms with Crippen molar-refractivity contribution in [1.29, 1.82) is 0 Å². The van der Waals surface area contributed by atoms with E-state index in [0.29, 0.717) is 57.8 Å². The van der Waals surface area contributed by atoms with Gasteiger partial charge in [0.2, 0.25) is 11.8 Å². The van der Waals surface area contributed by atoms with Crippen LogP contribution in [0.4, 0.5) is 0 Å². The lowest BCUT2D eigenvalue weighted by atomic mass is 9.88. The molecule has 0 aromatic heterocycles. The summed E-state index contributed by atoms with van der Waals surface area (Å²) in [5, 5.41) is 3.23. The van der Waals surface area contributed by atoms with Gasteiger partial charge in [-0.05, 0) is 74.6 Å². The molecule has 5 rings (SSSR count). The average Bonchev–Trinajstić information content (AvgIpc) is 3.12. The summed E-state index contributed by atoms with van der Waals surface area (Å²) in [4.78, 5) is 42.6. The molecule has 2 saturated heterocycles. The van der Waals surface area contributed by atoms with Gasteiger partial charge in [0.05, 0.1) is 56.7 Å². The molecule has 0 aliphatic carbocycles. The van der Waals surface area contributed by atoms with Crippen molar-refractivity contribution in [2.24, 2.45) is 5.92 Å². The number of esters is 1. The van der Waals surface area contributed by atoms with Crippen LogP contribution < -0.4 is 5.32 Å². The van der Waals surface area contributed by atoms with Crippen LogP contribution in [-0.4, -0.2) is 86.1 Å². The van der Waals surface area contributed by atoms with Crippen LogP contribution in [0.15, 0.2) is 84.5 Å². The summed E-state index contributed by atoms with van der Waals surface area (Å²) < 4.78 is 24.5. The van der Waals surface area contributed by atoms with Crippen molar-refractivity contribution in [3.63, 3.8) is 0 Å². The molecule has 2 aromatic rings. The zero-order chi connectivity index (χ0) is 34.4. The molecule has 9 heteroatoms. The number of piperidine rings is 1. The third-order valence-electron chi connectivity index (χ3n) is 9.80. The summed E-state index contributed by atoms with van der Waals surface area (Å²) in [5.74, 6) is -0.399. The van der Waals surface area contributed by atoms with E-state index in [0.717, 1.165) is 36.8 Å². The molecule has 0 unspecified atom stereocenters. The van der Waals surface area contributed by atoms with Crippen molar-refractivity contribution in [3.05, 3.63) is 95.6 Å². The highest BCUT2D eigenvalue weighted by atomic mass is 16.5. The van der Waals surface area contributed by atoms with E-state index < -0.39 is 12.1 Å². The Morgan fingerprint density at radius 3 is 2.43 bits per heavy atom. The van der Waals surface area contributed by atoms with Gasteiger partial charge >= 0.3 is 5.97 Å². The minimum atomic E-state index is -0.529. The van der Waals surface area contributed by atoms with Gasteiger partial charge in [0, 0.05) is 13.0 Å². The van der Waals surface area contributed by atoms with Crippen LogP contribution in [0.1, 0.15) is 74.7 Å². The number of hydrogen-bond donors (Lipinski definition) is 1. The van der Waals surface area contributed by atoms with E-state index in [9.17, 15) is 14.4 Å². The first kappa shape index (κ1) is 36.5. The smallest absolute Gasteiger partial charge is 0.338 e. The number of benzene rings is 2. The molecule has 49 heavy (non-hydrogen) atoms. The maximum atomic E-state index is 13.9. The van der Waals surface area contributed by atoms with E-state index in [-0.39, 0.29) is 48.4 Å². The molecular formula is C40H52N2O7. The Morgan fingerprint density at radius 1 is 0.918 bits per heavy atom. The second-order valence-electron chi connectivity index (χ2n) is 13.5. The molecule has 0 saturated carbocycles. The molecule has 9 nitrogen and oxygen atoms in total. The van der Waals surface area contributed by atoms with Crippen LogP contribution in [0, 0.1) is 5.92 Å². The number of rotatable bonds is 4. The van der Waals surface area contributed by atoms with Gasteiger partial charge < -0.3 is 29.2 Å². The largest absolute Gasteiger partial charge is 0.454 e. The normalized spacial score (nSPS) is 29.9. The molecule has 0 radical (unpaired) electrons. The quantitative estimate of drug-likeness (QED) is 0.322. The van der Waals surface area contributed by atoms with Gasteiger partial charge in [0.1, 0.15) is 12.1 Å². The Kier molecular flexibility index (Phi) is 14.0. The molecule has 2 fully saturated rings. The average molecular weight is 673 g/mol. The number of carbonyl (C=O) groups excluding carboxylic acids is 3. The van der Waals surface area contributed by atoms with Gasteiger partial charge in [-0.2, -0.15) is 0 Å². The molecule has 3 aliphatic rings. The van der Waals surface area contributed by atoms with Crippen molar-refractivity contribution in [2.45, 2.75) is 95.6 Å². The fourth-order valence-corrected chi connectivity index (χ4v) is 6.86. The van der Waals surface area contributed by atoms with E-state index in [1.165, 1.54) is 0 Å². The molecule has 6 atom stereocenters. The summed E-state index contributed by atoms with van der Waals surface area (Å²) >= 11 is 0. The Hall–Kier alpha value is -3.79. The van der Waals surface area contributed by atoms with E-state index in [2.05, 4.69) is 12.2 Å². The summed E-state index contributed by atoms with van der Waals surface area (Å²) in [5.41, 5.74) is 2.49. The first-order valence-electron chi connectivity index (χ1n) is 17.9. The van der Waals surface area contributed by atoms with Crippen LogP contribution in [0.2, 0.25) is 0 Å². The number of fused-ring (bicyclic) bond motifs is 3. The zero-order valence-electron chi connectivity index (χ0n) is 29.0. The van der Waals surface area contributed by atoms with Crippen molar-refractivity contribution in [1.82, 2.24) is 10.2 Å². The Labute approximate surface area is 291 Å². The Bertz CT molecular complexity index is 1410. The minimum Gasteiger partial charge on any atom is -0.454 e. The second kappa shape index (κ2) is 18.8. The number of amides is 2. The molecule has 1 N–H and O–H groups in total. The van der Waals surface area contributed by atoms with Crippen LogP contribution in [0.3, 0.4) is 0 Å². The second-order valence-corrected chi connectivity index (χ2v) is 13.5. The fourth-order valence-electron chi connectivity index (χ4n) is 6.86. The van der Waals surface area contributed by atoms with Crippen molar-refractivity contribution >= 4 is 17.8 Å². The van der Waals surface area contributed by atoms with Gasteiger partial charge in [0.25, 0.3) is 0 Å². The molecule has 2 amide bonds. The van der Waals surface area contributed by atoms with E-state index >= 15 is 0 Å². The van der Waals surface area contributed by atoms with E-state index in [1.54, 1.807) is 17.0 Å². The lowest BCUT2D eigenvalue weighted by Gasteiger charge is -2.39. The van der Waals surface area contributed by atoms with Crippen molar-refractivity contribution in [2.75, 3.05) is 33.0 Å². The maximum Gasteiger partial charge on any atom is 0.338 e. The zero-order valence-corrected chi connectivity index (χ0v) is 29.0. The summed E-state index contributed by atoms with van der Waals surface area (Å²) in [6, 6.07) is 18.3. The molecular weight excluding hydrogens is 620 g/mol. The van der Waals surface area contributed by atoms with Crippen molar-refractivity contribution < 1.29 is 33.3 Å². The lowest BCUT2D eigenvalue weighted by Crippen LogP contribution is -2.55. The van der Waals surface area contributed by atoms with Gasteiger partial charge in [0.15, 0.2) is 0 Å². The van der Waals surface area contributed by atoms with Crippen LogP contribution >= 0.6 is 0 Å². The molecule has 264 valence electrons. The predicted molar refractivity (Wildman–Crippen MR) is 188 cm³/mol. The number of ether oxygens (including phenoxy) is 4. The monoisotopic (exact) mass is 672 g/mol. The molecule has 3 heterocycles. The van der Waals surface area contributed by atoms with Gasteiger partial charge in [-0.25, -0.2) is 4.79 Å². The summed E-state index contributed by atoms with van der Waals surface area (Å²) in [7, 11) is 0. The van der Waals surface area contributed by atoms with E-state index in [4.69, 9.17) is 18.9 Å². The van der Waals surface area contributed by atoms with Crippen LogP contribution in [0.5, 0.6) is 0 Å². The first-order valence-corrected chi connectivity index (χ1v) is 17.9. The Balaban J connectivity index is 1.34. The van der Waals surface area contributed by atoms with Gasteiger partial charge in [-0.3, -0.25) is 9.59 Å². The third kappa shape index (κ3) is 11.1. The number of hydrogen-bond acceptors (Lipinski definition) is 7. The molecule has 3 aliphatic heterocycles. The summed E-state index contributed by atoms with van der Waals surface area (Å²) in [6.45, 7) is 6.11. The van der Waals surface area contributed by atoms with Crippen LogP contribution in [-0.2, 0) is 35.0 Å². The minimum absolute atomic E-state index is 0.0548. The number of nitrogens with one attached hydrogen (secondary N) is 1. The Morgan fingerprint density at radius 2 is 1.65 bits per heavy atom. The van der Waals surface area contributed by atoms with Gasteiger partial charge in [-0.1, -0.05) is 73.7 Å². The molecule has 0 spiro atoms. The predicted octanol–water partition coefficient (Wildman–Crippen LogP) is 5.83.